The van der Waals surface area contributed by atoms with Gasteiger partial charge in [-0.2, -0.15) is 0 Å². The van der Waals surface area contributed by atoms with Crippen molar-refractivity contribution < 1.29 is 0 Å². The average Bonchev–Trinajstić information content (AvgIpc) is 2.30. The zero-order chi connectivity index (χ0) is 12.3. The summed E-state index contributed by atoms with van der Waals surface area (Å²) in [7, 11) is 0. The van der Waals surface area contributed by atoms with Gasteiger partial charge in [0.1, 0.15) is 0 Å². The molecule has 0 heterocycles. The molecule has 0 aliphatic carbocycles. The molecule has 0 saturated carbocycles. The number of rotatable bonds is 3. The number of hydrogen-bond acceptors (Lipinski definition) is 1. The van der Waals surface area contributed by atoms with Gasteiger partial charge in [-0.25, -0.2) is 0 Å². The van der Waals surface area contributed by atoms with Crippen molar-refractivity contribution in [2.45, 2.75) is 17.6 Å². The van der Waals surface area contributed by atoms with E-state index in [9.17, 15) is 0 Å². The Labute approximate surface area is 120 Å². The quantitative estimate of drug-likeness (QED) is 0.651. The molecule has 0 atom stereocenters. The summed E-state index contributed by atoms with van der Waals surface area (Å²) in [6, 6.07) is 14.6. The molecule has 0 fully saturated rings. The van der Waals surface area contributed by atoms with Gasteiger partial charge in [0.05, 0.1) is 0 Å². The maximum Gasteiger partial charge on any atom is 0.0457 e. The van der Waals surface area contributed by atoms with Gasteiger partial charge in [0.25, 0.3) is 0 Å². The predicted octanol–water partition coefficient (Wildman–Crippen LogP) is 5.70. The van der Waals surface area contributed by atoms with Crippen molar-refractivity contribution >= 4 is 39.3 Å². The molecule has 3 heteroatoms. The van der Waals surface area contributed by atoms with E-state index in [1.54, 1.807) is 11.8 Å². The summed E-state index contributed by atoms with van der Waals surface area (Å²) in [5.41, 5.74) is 2.46. The Balaban J connectivity index is 2.04. The normalized spacial score (nSPS) is 10.5. The Hall–Kier alpha value is -0.440. The van der Waals surface area contributed by atoms with Crippen LogP contribution in [0.1, 0.15) is 11.1 Å². The molecule has 0 nitrogen and oxygen atoms in total. The van der Waals surface area contributed by atoms with Gasteiger partial charge in [-0.1, -0.05) is 51.3 Å². The Kier molecular flexibility index (Phi) is 4.55. The van der Waals surface area contributed by atoms with Crippen LogP contribution in [-0.4, -0.2) is 0 Å². The smallest absolute Gasteiger partial charge is 0.0457 e. The van der Waals surface area contributed by atoms with Gasteiger partial charge in [-0.3, -0.25) is 0 Å². The second kappa shape index (κ2) is 5.94. The SMILES string of the molecule is Cc1ccc(SCc2ccc(Br)cc2Cl)cc1. The van der Waals surface area contributed by atoms with E-state index in [1.165, 1.54) is 16.0 Å². The van der Waals surface area contributed by atoms with Crippen molar-refractivity contribution in [2.24, 2.45) is 0 Å². The third kappa shape index (κ3) is 3.77. The molecule has 88 valence electrons. The molecule has 0 saturated heterocycles. The fourth-order valence-electron chi connectivity index (χ4n) is 1.43. The van der Waals surface area contributed by atoms with Gasteiger partial charge in [0, 0.05) is 20.1 Å². The zero-order valence-electron chi connectivity index (χ0n) is 9.41. The maximum atomic E-state index is 6.18. The van der Waals surface area contributed by atoms with Crippen LogP contribution in [0.3, 0.4) is 0 Å². The Morgan fingerprint density at radius 3 is 2.47 bits per heavy atom. The molecule has 0 spiro atoms. The highest BCUT2D eigenvalue weighted by atomic mass is 79.9. The van der Waals surface area contributed by atoms with Crippen LogP contribution in [0, 0.1) is 6.92 Å². The summed E-state index contributed by atoms with van der Waals surface area (Å²) in [6.45, 7) is 2.10. The summed E-state index contributed by atoms with van der Waals surface area (Å²) < 4.78 is 1.02. The maximum absolute atomic E-state index is 6.18. The van der Waals surface area contributed by atoms with Crippen LogP contribution in [0.25, 0.3) is 0 Å². The molecule has 2 aromatic rings. The molecule has 0 radical (unpaired) electrons. The molecule has 0 unspecified atom stereocenters. The molecule has 0 aliphatic heterocycles. The van der Waals surface area contributed by atoms with Crippen molar-refractivity contribution in [1.29, 1.82) is 0 Å². The van der Waals surface area contributed by atoms with E-state index in [-0.39, 0.29) is 0 Å². The van der Waals surface area contributed by atoms with E-state index < -0.39 is 0 Å². The van der Waals surface area contributed by atoms with Gasteiger partial charge in [-0.15, -0.1) is 11.8 Å². The largest absolute Gasteiger partial charge is 0.121 e. The summed E-state index contributed by atoms with van der Waals surface area (Å²) >= 11 is 11.4. The first-order valence-electron chi connectivity index (χ1n) is 5.28. The van der Waals surface area contributed by atoms with Crippen molar-refractivity contribution in [3.8, 4) is 0 Å². The van der Waals surface area contributed by atoms with Gasteiger partial charge in [0.15, 0.2) is 0 Å². The van der Waals surface area contributed by atoms with Crippen LogP contribution in [0.15, 0.2) is 51.8 Å². The molecular weight excluding hydrogens is 316 g/mol. The van der Waals surface area contributed by atoms with E-state index in [1.807, 2.05) is 12.1 Å². The summed E-state index contributed by atoms with van der Waals surface area (Å²) in [4.78, 5) is 1.27. The van der Waals surface area contributed by atoms with Gasteiger partial charge >= 0.3 is 0 Å². The fraction of sp³-hybridized carbons (Fsp3) is 0.143. The summed E-state index contributed by atoms with van der Waals surface area (Å²) in [5, 5.41) is 0.819. The fourth-order valence-corrected chi connectivity index (χ4v) is 3.16. The van der Waals surface area contributed by atoms with E-state index in [2.05, 4.69) is 53.2 Å². The lowest BCUT2D eigenvalue weighted by molar-refractivity contribution is 1.35. The van der Waals surface area contributed by atoms with Crippen molar-refractivity contribution in [2.75, 3.05) is 0 Å². The molecular formula is C14H12BrClS. The second-order valence-electron chi connectivity index (χ2n) is 3.84. The summed E-state index contributed by atoms with van der Waals surface area (Å²) in [6.07, 6.45) is 0. The molecule has 0 aliphatic rings. The Morgan fingerprint density at radius 1 is 1.12 bits per heavy atom. The standard InChI is InChI=1S/C14H12BrClS/c1-10-2-6-13(7-3-10)17-9-11-4-5-12(15)8-14(11)16/h2-8H,9H2,1H3. The number of hydrogen-bond donors (Lipinski definition) is 0. The van der Waals surface area contributed by atoms with E-state index in [0.29, 0.717) is 0 Å². The van der Waals surface area contributed by atoms with Gasteiger partial charge in [-0.05, 0) is 36.8 Å². The molecule has 0 N–H and O–H groups in total. The number of aryl methyl sites for hydroxylation is 1. The lowest BCUT2D eigenvalue weighted by atomic mass is 10.2. The Bertz CT molecular complexity index is 508. The predicted molar refractivity (Wildman–Crippen MR) is 79.9 cm³/mol. The highest BCUT2D eigenvalue weighted by Crippen LogP contribution is 2.28. The number of thioether (sulfide) groups is 1. The summed E-state index contributed by atoms with van der Waals surface area (Å²) in [5.74, 6) is 0.898. The van der Waals surface area contributed by atoms with Crippen LogP contribution in [-0.2, 0) is 5.75 Å². The average molecular weight is 328 g/mol. The second-order valence-corrected chi connectivity index (χ2v) is 6.21. The molecule has 2 rings (SSSR count). The highest BCUT2D eigenvalue weighted by Gasteiger charge is 2.02. The minimum atomic E-state index is 0.819. The van der Waals surface area contributed by atoms with E-state index in [4.69, 9.17) is 11.6 Å². The third-order valence-corrected chi connectivity index (χ3v) is 4.34. The van der Waals surface area contributed by atoms with Crippen molar-refractivity contribution in [3.05, 3.63) is 63.1 Å². The molecule has 2 aromatic carbocycles. The van der Waals surface area contributed by atoms with Crippen LogP contribution in [0.5, 0.6) is 0 Å². The lowest BCUT2D eigenvalue weighted by Crippen LogP contribution is -1.83. The molecule has 0 bridgehead atoms. The van der Waals surface area contributed by atoms with Crippen LogP contribution >= 0.6 is 39.3 Å². The van der Waals surface area contributed by atoms with Crippen LogP contribution < -0.4 is 0 Å². The molecule has 0 amide bonds. The highest BCUT2D eigenvalue weighted by molar-refractivity contribution is 9.10. The van der Waals surface area contributed by atoms with Crippen LogP contribution in [0.2, 0.25) is 5.02 Å². The molecule has 17 heavy (non-hydrogen) atoms. The first kappa shape index (κ1) is 13.0. The minimum Gasteiger partial charge on any atom is -0.121 e. The minimum absolute atomic E-state index is 0.819. The number of benzene rings is 2. The van der Waals surface area contributed by atoms with Crippen molar-refractivity contribution in [3.63, 3.8) is 0 Å². The zero-order valence-corrected chi connectivity index (χ0v) is 12.6. The lowest BCUT2D eigenvalue weighted by Gasteiger charge is -2.05. The number of halogens is 2. The first-order valence-corrected chi connectivity index (χ1v) is 7.44. The molecule has 0 aromatic heterocycles. The third-order valence-electron chi connectivity index (χ3n) is 2.43. The topological polar surface area (TPSA) is 0 Å². The van der Waals surface area contributed by atoms with E-state index in [0.717, 1.165) is 15.2 Å². The van der Waals surface area contributed by atoms with E-state index >= 15 is 0 Å². The van der Waals surface area contributed by atoms with Crippen molar-refractivity contribution in [1.82, 2.24) is 0 Å². The monoisotopic (exact) mass is 326 g/mol. The Morgan fingerprint density at radius 2 is 1.82 bits per heavy atom. The van der Waals surface area contributed by atoms with Gasteiger partial charge < -0.3 is 0 Å². The van der Waals surface area contributed by atoms with Crippen LogP contribution in [0.4, 0.5) is 0 Å². The van der Waals surface area contributed by atoms with Gasteiger partial charge in [0.2, 0.25) is 0 Å². The first-order chi connectivity index (χ1) is 8.15.